The van der Waals surface area contributed by atoms with Crippen molar-refractivity contribution in [2.24, 2.45) is 5.11 Å². The Hall–Kier alpha value is -1.85. The second-order valence-electron chi connectivity index (χ2n) is 2.97. The monoisotopic (exact) mass is 221 g/mol. The van der Waals surface area contributed by atoms with E-state index < -0.39 is 0 Å². The number of fused-ring (bicyclic) bond motifs is 1. The highest BCUT2D eigenvalue weighted by atomic mass is 32.1. The minimum absolute atomic E-state index is 0.110. The van der Waals surface area contributed by atoms with Crippen molar-refractivity contribution in [3.63, 3.8) is 0 Å². The van der Waals surface area contributed by atoms with Gasteiger partial charge in [0.25, 0.3) is 5.56 Å². The predicted molar refractivity (Wildman–Crippen MR) is 56.9 cm³/mol. The van der Waals surface area contributed by atoms with Crippen LogP contribution in [0, 0.1) is 6.92 Å². The molecule has 0 saturated carbocycles. The molecule has 7 heteroatoms. The summed E-state index contributed by atoms with van der Waals surface area (Å²) in [6.45, 7) is 1.96. The standard InChI is InChI=1S/C8H7N5OS/c1-5-4-15-8-11-6(3-10-12-9)2-7(14)13(5)8/h2,4H,3H2,1H3. The van der Waals surface area contributed by atoms with Crippen molar-refractivity contribution in [3.8, 4) is 0 Å². The van der Waals surface area contributed by atoms with E-state index in [9.17, 15) is 4.79 Å². The SMILES string of the molecule is Cc1csc2nc(CN=[N+]=[N-])cc(=O)n12. The van der Waals surface area contributed by atoms with Crippen LogP contribution in [0.15, 0.2) is 21.4 Å². The lowest BCUT2D eigenvalue weighted by atomic mass is 10.4. The molecular formula is C8H7N5OS. The van der Waals surface area contributed by atoms with E-state index in [1.54, 1.807) is 0 Å². The summed E-state index contributed by atoms with van der Waals surface area (Å²) >= 11 is 1.39. The average Bonchev–Trinajstić information content (AvgIpc) is 2.58. The molecule has 0 spiro atoms. The van der Waals surface area contributed by atoms with Crippen molar-refractivity contribution >= 4 is 16.3 Å². The number of nitrogens with zero attached hydrogens (tertiary/aromatic N) is 5. The normalized spacial score (nSPS) is 10.2. The van der Waals surface area contributed by atoms with E-state index >= 15 is 0 Å². The first kappa shape index (κ1) is 9.70. The van der Waals surface area contributed by atoms with Crippen LogP contribution < -0.4 is 5.56 Å². The number of aromatic nitrogens is 2. The highest BCUT2D eigenvalue weighted by Gasteiger charge is 2.05. The molecule has 2 aromatic heterocycles. The van der Waals surface area contributed by atoms with Crippen molar-refractivity contribution in [1.82, 2.24) is 9.38 Å². The summed E-state index contributed by atoms with van der Waals surface area (Å²) in [5.41, 5.74) is 9.39. The number of rotatable bonds is 2. The molecular weight excluding hydrogens is 214 g/mol. The second kappa shape index (κ2) is 3.72. The minimum atomic E-state index is -0.137. The molecule has 2 heterocycles. The number of hydrogen-bond acceptors (Lipinski definition) is 4. The van der Waals surface area contributed by atoms with Gasteiger partial charge in [-0.1, -0.05) is 5.11 Å². The van der Waals surface area contributed by atoms with Gasteiger partial charge in [-0.2, -0.15) is 0 Å². The molecule has 15 heavy (non-hydrogen) atoms. The lowest BCUT2D eigenvalue weighted by Gasteiger charge is -1.97. The third kappa shape index (κ3) is 1.70. The van der Waals surface area contributed by atoms with Crippen LogP contribution in [0.3, 0.4) is 0 Å². The Bertz CT molecular complexity index is 607. The van der Waals surface area contributed by atoms with Crippen LogP contribution in [-0.2, 0) is 6.54 Å². The van der Waals surface area contributed by atoms with Crippen molar-refractivity contribution in [1.29, 1.82) is 0 Å². The van der Waals surface area contributed by atoms with Crippen molar-refractivity contribution in [2.75, 3.05) is 0 Å². The molecule has 6 nitrogen and oxygen atoms in total. The van der Waals surface area contributed by atoms with Gasteiger partial charge >= 0.3 is 0 Å². The van der Waals surface area contributed by atoms with E-state index in [0.29, 0.717) is 10.7 Å². The number of aryl methyl sites for hydroxylation is 1. The third-order valence-electron chi connectivity index (χ3n) is 1.92. The fourth-order valence-electron chi connectivity index (χ4n) is 1.29. The predicted octanol–water partition coefficient (Wildman–Crippen LogP) is 1.87. The molecule has 0 bridgehead atoms. The minimum Gasteiger partial charge on any atom is -0.269 e. The number of azide groups is 1. The average molecular weight is 221 g/mol. The molecule has 0 unspecified atom stereocenters. The fourth-order valence-corrected chi connectivity index (χ4v) is 2.18. The Morgan fingerprint density at radius 2 is 2.53 bits per heavy atom. The molecule has 0 radical (unpaired) electrons. The first-order chi connectivity index (χ1) is 7.22. The topological polar surface area (TPSA) is 83.1 Å². The first-order valence-corrected chi connectivity index (χ1v) is 5.08. The van der Waals surface area contributed by atoms with Gasteiger partial charge in [-0.15, -0.1) is 11.3 Å². The summed E-state index contributed by atoms with van der Waals surface area (Å²) in [6.07, 6.45) is 0. The smallest absolute Gasteiger partial charge is 0.258 e. The molecule has 0 aliphatic rings. The molecule has 0 aromatic carbocycles. The van der Waals surface area contributed by atoms with Crippen LogP contribution in [0.2, 0.25) is 0 Å². The summed E-state index contributed by atoms with van der Waals surface area (Å²) in [6, 6.07) is 1.39. The zero-order chi connectivity index (χ0) is 10.8. The lowest BCUT2D eigenvalue weighted by Crippen LogP contribution is -2.14. The Morgan fingerprint density at radius 3 is 3.27 bits per heavy atom. The zero-order valence-electron chi connectivity index (χ0n) is 7.91. The Morgan fingerprint density at radius 1 is 1.73 bits per heavy atom. The molecule has 0 fully saturated rings. The van der Waals surface area contributed by atoms with Crippen LogP contribution >= 0.6 is 11.3 Å². The van der Waals surface area contributed by atoms with Crippen molar-refractivity contribution in [3.05, 3.63) is 43.6 Å². The molecule has 2 rings (SSSR count). The molecule has 76 valence electrons. The van der Waals surface area contributed by atoms with Crippen LogP contribution in [0.4, 0.5) is 0 Å². The Labute approximate surface area is 88.4 Å². The van der Waals surface area contributed by atoms with E-state index in [1.807, 2.05) is 12.3 Å². The summed E-state index contributed by atoms with van der Waals surface area (Å²) < 4.78 is 1.53. The third-order valence-corrected chi connectivity index (χ3v) is 2.87. The molecule has 0 amide bonds. The highest BCUT2D eigenvalue weighted by molar-refractivity contribution is 7.15. The molecule has 0 aliphatic heterocycles. The van der Waals surface area contributed by atoms with E-state index in [-0.39, 0.29) is 12.1 Å². The Kier molecular flexibility index (Phi) is 2.40. The van der Waals surface area contributed by atoms with Gasteiger partial charge in [-0.25, -0.2) is 4.98 Å². The van der Waals surface area contributed by atoms with Gasteiger partial charge in [0, 0.05) is 22.1 Å². The molecule has 0 aliphatic carbocycles. The summed E-state index contributed by atoms with van der Waals surface area (Å²) in [4.78, 5) is 19.1. The second-order valence-corrected chi connectivity index (χ2v) is 3.81. The van der Waals surface area contributed by atoms with Crippen LogP contribution in [0.25, 0.3) is 15.4 Å². The largest absolute Gasteiger partial charge is 0.269 e. The maximum atomic E-state index is 11.6. The summed E-state index contributed by atoms with van der Waals surface area (Å²) in [5.74, 6) is 0. The van der Waals surface area contributed by atoms with Crippen LogP contribution in [0.5, 0.6) is 0 Å². The van der Waals surface area contributed by atoms with Crippen molar-refractivity contribution in [2.45, 2.75) is 13.5 Å². The number of thiazole rings is 1. The molecule has 2 aromatic rings. The number of hydrogen-bond donors (Lipinski definition) is 0. The van der Waals surface area contributed by atoms with Gasteiger partial charge in [0.05, 0.1) is 12.2 Å². The van der Waals surface area contributed by atoms with E-state index in [1.165, 1.54) is 21.8 Å². The molecule has 0 atom stereocenters. The van der Waals surface area contributed by atoms with Gasteiger partial charge in [-0.05, 0) is 12.5 Å². The van der Waals surface area contributed by atoms with Gasteiger partial charge in [0.1, 0.15) is 0 Å². The maximum absolute atomic E-state index is 11.6. The lowest BCUT2D eigenvalue weighted by molar-refractivity contribution is 0.933. The summed E-state index contributed by atoms with van der Waals surface area (Å²) in [7, 11) is 0. The van der Waals surface area contributed by atoms with Crippen molar-refractivity contribution < 1.29 is 0 Å². The molecule has 0 N–H and O–H groups in total. The Balaban J connectivity index is 2.63. The molecule has 0 saturated heterocycles. The zero-order valence-corrected chi connectivity index (χ0v) is 8.73. The first-order valence-electron chi connectivity index (χ1n) is 4.20. The van der Waals surface area contributed by atoms with Crippen LogP contribution in [-0.4, -0.2) is 9.38 Å². The van der Waals surface area contributed by atoms with Gasteiger partial charge in [0.15, 0.2) is 4.96 Å². The van der Waals surface area contributed by atoms with Crippen LogP contribution in [0.1, 0.15) is 11.4 Å². The van der Waals surface area contributed by atoms with E-state index in [2.05, 4.69) is 15.0 Å². The maximum Gasteiger partial charge on any atom is 0.258 e. The fraction of sp³-hybridized carbons (Fsp3) is 0.250. The highest BCUT2D eigenvalue weighted by Crippen LogP contribution is 2.11. The van der Waals surface area contributed by atoms with E-state index in [4.69, 9.17) is 5.53 Å². The van der Waals surface area contributed by atoms with Gasteiger partial charge < -0.3 is 0 Å². The van der Waals surface area contributed by atoms with Gasteiger partial charge in [0.2, 0.25) is 0 Å². The quantitative estimate of drug-likeness (QED) is 0.440. The van der Waals surface area contributed by atoms with E-state index in [0.717, 1.165) is 5.69 Å². The summed E-state index contributed by atoms with van der Waals surface area (Å²) in [5, 5.41) is 5.23. The van der Waals surface area contributed by atoms with Gasteiger partial charge in [-0.3, -0.25) is 9.20 Å².